The lowest BCUT2D eigenvalue weighted by atomic mass is 10.1. The molecule has 3 aromatic rings. The number of imide groups is 1. The van der Waals surface area contributed by atoms with E-state index in [2.05, 4.69) is 5.32 Å². The first kappa shape index (κ1) is 20.5. The molecule has 0 spiro atoms. The molecule has 0 aliphatic carbocycles. The lowest BCUT2D eigenvalue weighted by molar-refractivity contribution is -0.121. The first-order valence-electron chi connectivity index (χ1n) is 10.0. The van der Waals surface area contributed by atoms with Gasteiger partial charge in [-0.1, -0.05) is 66.7 Å². The number of nitrogens with zero attached hydrogens (tertiary/aromatic N) is 1. The maximum atomic E-state index is 12.3. The van der Waals surface area contributed by atoms with Crippen molar-refractivity contribution in [1.82, 2.24) is 10.2 Å². The molecule has 1 N–H and O–H groups in total. The fourth-order valence-corrected chi connectivity index (χ4v) is 3.40. The highest BCUT2D eigenvalue weighted by Crippen LogP contribution is 2.21. The minimum absolute atomic E-state index is 0.294. The lowest BCUT2D eigenvalue weighted by Gasteiger charge is -2.13. The minimum Gasteiger partial charge on any atom is -0.372 e. The van der Waals surface area contributed by atoms with Crippen molar-refractivity contribution in [2.45, 2.75) is 19.8 Å². The number of ether oxygens (including phenoxy) is 1. The summed E-state index contributed by atoms with van der Waals surface area (Å²) in [5.41, 5.74) is 3.76. The molecule has 0 fully saturated rings. The normalized spacial score (nSPS) is 12.7. The van der Waals surface area contributed by atoms with Gasteiger partial charge in [0.15, 0.2) is 0 Å². The zero-order valence-corrected chi connectivity index (χ0v) is 16.9. The van der Waals surface area contributed by atoms with Gasteiger partial charge in [-0.05, 0) is 28.8 Å². The van der Waals surface area contributed by atoms with E-state index in [-0.39, 0.29) is 12.5 Å². The van der Waals surface area contributed by atoms with E-state index in [4.69, 9.17) is 4.74 Å². The fraction of sp³-hybridized carbons (Fsp3) is 0.160. The third-order valence-electron chi connectivity index (χ3n) is 5.07. The summed E-state index contributed by atoms with van der Waals surface area (Å²) >= 11 is 0. The monoisotopic (exact) mass is 414 g/mol. The Morgan fingerprint density at radius 1 is 0.710 bits per heavy atom. The summed E-state index contributed by atoms with van der Waals surface area (Å²) in [4.78, 5) is 37.9. The lowest BCUT2D eigenvalue weighted by Crippen LogP contribution is -2.40. The maximum absolute atomic E-state index is 12.3. The van der Waals surface area contributed by atoms with Gasteiger partial charge in [0.1, 0.15) is 6.54 Å². The Kier molecular flexibility index (Phi) is 6.19. The second kappa shape index (κ2) is 9.36. The molecule has 156 valence electrons. The summed E-state index contributed by atoms with van der Waals surface area (Å²) in [5.74, 6) is -1.25. The number of benzene rings is 3. The predicted octanol–water partition coefficient (Wildman–Crippen LogP) is 3.32. The van der Waals surface area contributed by atoms with Crippen LogP contribution in [0.4, 0.5) is 0 Å². The van der Waals surface area contributed by atoms with Gasteiger partial charge in [-0.3, -0.25) is 19.3 Å². The maximum Gasteiger partial charge on any atom is 0.262 e. The van der Waals surface area contributed by atoms with E-state index in [9.17, 15) is 14.4 Å². The SMILES string of the molecule is O=C(CN1C(=O)c2ccccc2C1=O)NCc1ccc(COCc2ccccc2)cc1. The molecule has 6 nitrogen and oxygen atoms in total. The van der Waals surface area contributed by atoms with Crippen LogP contribution in [0.3, 0.4) is 0 Å². The average Bonchev–Trinajstić information content (AvgIpc) is 3.04. The number of hydrogen-bond acceptors (Lipinski definition) is 4. The molecule has 1 aliphatic heterocycles. The molecule has 0 unspecified atom stereocenters. The highest BCUT2D eigenvalue weighted by Gasteiger charge is 2.36. The Morgan fingerprint density at radius 2 is 1.23 bits per heavy atom. The standard InChI is InChI=1S/C25H22N2O4/c28-23(15-27-24(29)21-8-4-5-9-22(21)25(27)30)26-14-18-10-12-20(13-11-18)17-31-16-19-6-2-1-3-7-19/h1-13H,14-17H2,(H,26,28). The van der Waals surface area contributed by atoms with Crippen molar-refractivity contribution in [2.24, 2.45) is 0 Å². The summed E-state index contributed by atoms with van der Waals surface area (Å²) in [5, 5.41) is 2.76. The van der Waals surface area contributed by atoms with E-state index in [0.717, 1.165) is 21.6 Å². The zero-order valence-electron chi connectivity index (χ0n) is 16.9. The molecule has 0 radical (unpaired) electrons. The number of hydrogen-bond donors (Lipinski definition) is 1. The van der Waals surface area contributed by atoms with Gasteiger partial charge < -0.3 is 10.1 Å². The van der Waals surface area contributed by atoms with Crippen LogP contribution in [0.1, 0.15) is 37.4 Å². The van der Waals surface area contributed by atoms with Gasteiger partial charge in [-0.15, -0.1) is 0 Å². The molecule has 31 heavy (non-hydrogen) atoms. The van der Waals surface area contributed by atoms with Crippen LogP contribution in [-0.4, -0.2) is 29.2 Å². The quantitative estimate of drug-likeness (QED) is 0.574. The summed E-state index contributed by atoms with van der Waals surface area (Å²) in [6.07, 6.45) is 0. The van der Waals surface area contributed by atoms with E-state index < -0.39 is 11.8 Å². The number of amides is 3. The number of rotatable bonds is 8. The summed E-state index contributed by atoms with van der Waals surface area (Å²) in [6, 6.07) is 24.3. The Balaban J connectivity index is 1.23. The van der Waals surface area contributed by atoms with Gasteiger partial charge in [0.05, 0.1) is 24.3 Å². The zero-order chi connectivity index (χ0) is 21.6. The van der Waals surface area contributed by atoms with Crippen molar-refractivity contribution in [3.63, 3.8) is 0 Å². The van der Waals surface area contributed by atoms with Crippen molar-refractivity contribution >= 4 is 17.7 Å². The minimum atomic E-state index is -0.435. The van der Waals surface area contributed by atoms with E-state index in [1.54, 1.807) is 24.3 Å². The molecule has 1 aliphatic rings. The molecular formula is C25H22N2O4. The van der Waals surface area contributed by atoms with Gasteiger partial charge in [0.2, 0.25) is 5.91 Å². The first-order chi connectivity index (χ1) is 15.1. The predicted molar refractivity (Wildman–Crippen MR) is 115 cm³/mol. The number of carbonyl (C=O) groups excluding carboxylic acids is 3. The smallest absolute Gasteiger partial charge is 0.262 e. The fourth-order valence-electron chi connectivity index (χ4n) is 3.40. The molecule has 1 heterocycles. The molecule has 0 atom stereocenters. The molecule has 0 bridgehead atoms. The molecule has 6 heteroatoms. The summed E-state index contributed by atoms with van der Waals surface area (Å²) in [6.45, 7) is 1.07. The van der Waals surface area contributed by atoms with Crippen LogP contribution in [0.15, 0.2) is 78.9 Å². The average molecular weight is 414 g/mol. The molecule has 0 aromatic heterocycles. The van der Waals surface area contributed by atoms with E-state index in [0.29, 0.717) is 30.9 Å². The van der Waals surface area contributed by atoms with Crippen molar-refractivity contribution < 1.29 is 19.1 Å². The number of nitrogens with one attached hydrogen (secondary N) is 1. The largest absolute Gasteiger partial charge is 0.372 e. The van der Waals surface area contributed by atoms with E-state index in [1.165, 1.54) is 0 Å². The Labute approximate surface area is 180 Å². The van der Waals surface area contributed by atoms with Crippen LogP contribution in [0, 0.1) is 0 Å². The van der Waals surface area contributed by atoms with Crippen LogP contribution < -0.4 is 5.32 Å². The first-order valence-corrected chi connectivity index (χ1v) is 10.0. The Bertz CT molecular complexity index is 1060. The van der Waals surface area contributed by atoms with Gasteiger partial charge in [0, 0.05) is 6.54 Å². The van der Waals surface area contributed by atoms with Crippen molar-refractivity contribution in [2.75, 3.05) is 6.54 Å². The van der Waals surface area contributed by atoms with Crippen LogP contribution in [-0.2, 0) is 29.3 Å². The second-order valence-corrected chi connectivity index (χ2v) is 7.31. The topological polar surface area (TPSA) is 75.7 Å². The van der Waals surface area contributed by atoms with Gasteiger partial charge in [0.25, 0.3) is 11.8 Å². The van der Waals surface area contributed by atoms with Gasteiger partial charge in [-0.2, -0.15) is 0 Å². The van der Waals surface area contributed by atoms with Crippen LogP contribution in [0.25, 0.3) is 0 Å². The van der Waals surface area contributed by atoms with Crippen LogP contribution in [0.5, 0.6) is 0 Å². The van der Waals surface area contributed by atoms with Crippen LogP contribution in [0.2, 0.25) is 0 Å². The number of fused-ring (bicyclic) bond motifs is 1. The molecule has 0 saturated heterocycles. The third-order valence-corrected chi connectivity index (χ3v) is 5.07. The molecule has 4 rings (SSSR count). The molecule has 3 aromatic carbocycles. The van der Waals surface area contributed by atoms with Crippen molar-refractivity contribution in [3.8, 4) is 0 Å². The Morgan fingerprint density at radius 3 is 1.84 bits per heavy atom. The molecule has 0 saturated carbocycles. The molecule has 3 amide bonds. The Hall–Kier alpha value is -3.77. The van der Waals surface area contributed by atoms with Gasteiger partial charge in [-0.25, -0.2) is 0 Å². The van der Waals surface area contributed by atoms with E-state index >= 15 is 0 Å². The third kappa shape index (κ3) is 4.87. The summed E-state index contributed by atoms with van der Waals surface area (Å²) in [7, 11) is 0. The summed E-state index contributed by atoms with van der Waals surface area (Å²) < 4.78 is 5.73. The van der Waals surface area contributed by atoms with Crippen molar-refractivity contribution in [1.29, 1.82) is 0 Å². The highest BCUT2D eigenvalue weighted by atomic mass is 16.5. The van der Waals surface area contributed by atoms with Crippen LogP contribution >= 0.6 is 0 Å². The van der Waals surface area contributed by atoms with Gasteiger partial charge >= 0.3 is 0 Å². The number of carbonyl (C=O) groups is 3. The second-order valence-electron chi connectivity index (χ2n) is 7.31. The molecular weight excluding hydrogens is 392 g/mol. The van der Waals surface area contributed by atoms with Crippen molar-refractivity contribution in [3.05, 3.63) is 107 Å². The van der Waals surface area contributed by atoms with E-state index in [1.807, 2.05) is 54.6 Å². The highest BCUT2D eigenvalue weighted by molar-refractivity contribution is 6.22.